The maximum atomic E-state index is 5.94. The smallest absolute Gasteiger partial charge is 0.123 e. The minimum Gasteiger partial charge on any atom is -0.496 e. The molecular weight excluding hydrogens is 284 g/mol. The number of nitrogens with one attached hydrogen (secondary N) is 1. The second-order valence-electron chi connectivity index (χ2n) is 5.92. The highest BCUT2D eigenvalue weighted by molar-refractivity contribution is 6.30. The molecule has 0 unspecified atom stereocenters. The third-order valence-corrected chi connectivity index (χ3v) is 4.54. The second-order valence-corrected chi connectivity index (χ2v) is 6.36. The highest BCUT2D eigenvalue weighted by Crippen LogP contribution is 2.34. The van der Waals surface area contributed by atoms with Gasteiger partial charge < -0.3 is 15.0 Å². The lowest BCUT2D eigenvalue weighted by atomic mass is 9.89. The number of ether oxygens (including phenoxy) is 1. The molecule has 4 heteroatoms. The summed E-state index contributed by atoms with van der Waals surface area (Å²) >= 11 is 5.94. The average Bonchev–Trinajstić information content (AvgIpc) is 2.99. The number of nitrogens with zero attached hydrogens (tertiary/aromatic N) is 1. The summed E-state index contributed by atoms with van der Waals surface area (Å²) in [4.78, 5) is 2.36. The van der Waals surface area contributed by atoms with Crippen LogP contribution in [0.4, 0.5) is 0 Å². The molecule has 0 aromatic heterocycles. The van der Waals surface area contributed by atoms with Crippen molar-refractivity contribution in [3.63, 3.8) is 0 Å². The Morgan fingerprint density at radius 3 is 2.38 bits per heavy atom. The SMILES string of the molecule is CN1CCCC1.COc1cc(Cl)ccc1C1CCNCC1. The third-order valence-electron chi connectivity index (χ3n) is 4.30. The zero-order chi connectivity index (χ0) is 15.1. The van der Waals surface area contributed by atoms with Gasteiger partial charge in [0, 0.05) is 5.02 Å². The summed E-state index contributed by atoms with van der Waals surface area (Å²) in [5, 5.41) is 4.11. The van der Waals surface area contributed by atoms with Gasteiger partial charge in [0.15, 0.2) is 0 Å². The van der Waals surface area contributed by atoms with Crippen molar-refractivity contribution in [1.29, 1.82) is 0 Å². The van der Waals surface area contributed by atoms with E-state index in [9.17, 15) is 0 Å². The molecular formula is C17H27ClN2O. The van der Waals surface area contributed by atoms with Crippen LogP contribution in [0.1, 0.15) is 37.2 Å². The lowest BCUT2D eigenvalue weighted by Gasteiger charge is -2.24. The molecule has 0 bridgehead atoms. The minimum atomic E-state index is 0.610. The van der Waals surface area contributed by atoms with Crippen LogP contribution in [-0.4, -0.2) is 45.2 Å². The van der Waals surface area contributed by atoms with Gasteiger partial charge in [0.1, 0.15) is 5.75 Å². The van der Waals surface area contributed by atoms with Crippen molar-refractivity contribution >= 4 is 11.6 Å². The number of rotatable bonds is 2. The van der Waals surface area contributed by atoms with Gasteiger partial charge in [-0.2, -0.15) is 0 Å². The van der Waals surface area contributed by atoms with E-state index in [0.717, 1.165) is 23.9 Å². The highest BCUT2D eigenvalue weighted by atomic mass is 35.5. The Labute approximate surface area is 133 Å². The summed E-state index contributed by atoms with van der Waals surface area (Å²) in [5.74, 6) is 1.54. The van der Waals surface area contributed by atoms with Crippen LogP contribution in [-0.2, 0) is 0 Å². The molecule has 2 aliphatic rings. The number of hydrogen-bond acceptors (Lipinski definition) is 3. The summed E-state index contributed by atoms with van der Waals surface area (Å²) in [6.07, 6.45) is 5.18. The van der Waals surface area contributed by atoms with Crippen molar-refractivity contribution in [2.45, 2.75) is 31.6 Å². The lowest BCUT2D eigenvalue weighted by molar-refractivity contribution is 0.391. The van der Waals surface area contributed by atoms with E-state index in [0.29, 0.717) is 5.92 Å². The molecule has 2 saturated heterocycles. The maximum absolute atomic E-state index is 5.94. The summed E-state index contributed by atoms with van der Waals surface area (Å²) in [6, 6.07) is 5.94. The van der Waals surface area contributed by atoms with E-state index in [1.54, 1.807) is 7.11 Å². The van der Waals surface area contributed by atoms with Gasteiger partial charge in [-0.25, -0.2) is 0 Å². The monoisotopic (exact) mass is 310 g/mol. The molecule has 118 valence electrons. The normalized spacial score (nSPS) is 20.0. The van der Waals surface area contributed by atoms with Gasteiger partial charge in [0.2, 0.25) is 0 Å². The summed E-state index contributed by atoms with van der Waals surface area (Å²) in [5.41, 5.74) is 1.29. The number of halogens is 1. The van der Waals surface area contributed by atoms with Crippen LogP contribution < -0.4 is 10.1 Å². The Balaban J connectivity index is 0.000000225. The molecule has 21 heavy (non-hydrogen) atoms. The van der Waals surface area contributed by atoms with Gasteiger partial charge in [-0.15, -0.1) is 0 Å². The van der Waals surface area contributed by atoms with Crippen molar-refractivity contribution < 1.29 is 4.74 Å². The number of piperidine rings is 1. The van der Waals surface area contributed by atoms with Crippen molar-refractivity contribution in [3.8, 4) is 5.75 Å². The molecule has 2 fully saturated rings. The van der Waals surface area contributed by atoms with E-state index in [2.05, 4.69) is 23.3 Å². The largest absolute Gasteiger partial charge is 0.496 e. The molecule has 2 aliphatic heterocycles. The van der Waals surface area contributed by atoms with Crippen LogP contribution in [0.15, 0.2) is 18.2 Å². The maximum Gasteiger partial charge on any atom is 0.123 e. The van der Waals surface area contributed by atoms with Crippen molar-refractivity contribution in [2.24, 2.45) is 0 Å². The molecule has 1 aromatic carbocycles. The van der Waals surface area contributed by atoms with Crippen molar-refractivity contribution in [1.82, 2.24) is 10.2 Å². The number of benzene rings is 1. The van der Waals surface area contributed by atoms with Crippen LogP contribution >= 0.6 is 11.6 Å². The molecule has 0 atom stereocenters. The first-order valence-corrected chi connectivity index (χ1v) is 8.31. The highest BCUT2D eigenvalue weighted by Gasteiger charge is 2.18. The quantitative estimate of drug-likeness (QED) is 0.904. The molecule has 0 amide bonds. The predicted octanol–water partition coefficient (Wildman–Crippen LogP) is 3.53. The fraction of sp³-hybridized carbons (Fsp3) is 0.647. The molecule has 1 N–H and O–H groups in total. The topological polar surface area (TPSA) is 24.5 Å². The molecule has 0 saturated carbocycles. The van der Waals surface area contributed by atoms with Crippen molar-refractivity contribution in [2.75, 3.05) is 40.3 Å². The molecule has 0 aliphatic carbocycles. The zero-order valence-corrected chi connectivity index (χ0v) is 14.0. The first kappa shape index (κ1) is 16.6. The molecule has 0 spiro atoms. The van der Waals surface area contributed by atoms with Gasteiger partial charge in [0.25, 0.3) is 0 Å². The number of methoxy groups -OCH3 is 1. The fourth-order valence-corrected chi connectivity index (χ4v) is 3.19. The van der Waals surface area contributed by atoms with Crippen LogP contribution in [0.5, 0.6) is 5.75 Å². The number of likely N-dealkylation sites (tertiary alicyclic amines) is 1. The first-order chi connectivity index (χ1) is 10.2. The van der Waals surface area contributed by atoms with Gasteiger partial charge in [-0.1, -0.05) is 17.7 Å². The Morgan fingerprint density at radius 1 is 1.19 bits per heavy atom. The van der Waals surface area contributed by atoms with E-state index < -0.39 is 0 Å². The van der Waals surface area contributed by atoms with E-state index in [-0.39, 0.29) is 0 Å². The second kappa shape index (κ2) is 8.62. The Hall–Kier alpha value is -0.770. The zero-order valence-electron chi connectivity index (χ0n) is 13.2. The molecule has 3 rings (SSSR count). The lowest BCUT2D eigenvalue weighted by Crippen LogP contribution is -2.26. The summed E-state index contributed by atoms with van der Waals surface area (Å²) in [6.45, 7) is 4.83. The van der Waals surface area contributed by atoms with E-state index in [4.69, 9.17) is 16.3 Å². The average molecular weight is 311 g/mol. The third kappa shape index (κ3) is 5.17. The van der Waals surface area contributed by atoms with Crippen LogP contribution in [0.2, 0.25) is 5.02 Å². The minimum absolute atomic E-state index is 0.610. The predicted molar refractivity (Wildman–Crippen MR) is 89.6 cm³/mol. The molecule has 0 radical (unpaired) electrons. The Morgan fingerprint density at radius 2 is 1.86 bits per heavy atom. The molecule has 1 aromatic rings. The van der Waals surface area contributed by atoms with E-state index in [1.807, 2.05) is 12.1 Å². The van der Waals surface area contributed by atoms with E-state index in [1.165, 1.54) is 44.3 Å². The van der Waals surface area contributed by atoms with Crippen molar-refractivity contribution in [3.05, 3.63) is 28.8 Å². The van der Waals surface area contributed by atoms with Crippen LogP contribution in [0.25, 0.3) is 0 Å². The Kier molecular flexibility index (Phi) is 6.81. The molecule has 2 heterocycles. The number of hydrogen-bond donors (Lipinski definition) is 1. The Bertz CT molecular complexity index is 427. The summed E-state index contributed by atoms with van der Waals surface area (Å²) in [7, 11) is 3.88. The van der Waals surface area contributed by atoms with Gasteiger partial charge >= 0.3 is 0 Å². The van der Waals surface area contributed by atoms with Gasteiger partial charge in [-0.05, 0) is 82.5 Å². The summed E-state index contributed by atoms with van der Waals surface area (Å²) < 4.78 is 5.37. The standard InChI is InChI=1S/C12H16ClNO.C5H11N/c1-15-12-8-10(13)2-3-11(12)9-4-6-14-7-5-9;1-6-4-2-3-5-6/h2-3,8-9,14H,4-7H2,1H3;2-5H2,1H3. The van der Waals surface area contributed by atoms with Crippen LogP contribution in [0.3, 0.4) is 0 Å². The molecule has 3 nitrogen and oxygen atoms in total. The van der Waals surface area contributed by atoms with E-state index >= 15 is 0 Å². The van der Waals surface area contributed by atoms with Crippen LogP contribution in [0, 0.1) is 0 Å². The van der Waals surface area contributed by atoms with Gasteiger partial charge in [-0.3, -0.25) is 0 Å². The fourth-order valence-electron chi connectivity index (χ4n) is 3.03. The first-order valence-electron chi connectivity index (χ1n) is 7.93. The van der Waals surface area contributed by atoms with Gasteiger partial charge in [0.05, 0.1) is 7.11 Å².